The molecule has 3 heteroatoms. The van der Waals surface area contributed by atoms with E-state index in [2.05, 4.69) is 23.1 Å². The number of anilines is 2. The van der Waals surface area contributed by atoms with Crippen LogP contribution in [-0.2, 0) is 6.61 Å². The maximum atomic E-state index is 9.18. The molecule has 24 heavy (non-hydrogen) atoms. The van der Waals surface area contributed by atoms with Gasteiger partial charge >= 0.3 is 0 Å². The summed E-state index contributed by atoms with van der Waals surface area (Å²) >= 11 is 0. The van der Waals surface area contributed by atoms with Crippen molar-refractivity contribution in [1.29, 1.82) is 0 Å². The van der Waals surface area contributed by atoms with Crippen LogP contribution in [-0.4, -0.2) is 19.3 Å². The van der Waals surface area contributed by atoms with Gasteiger partial charge in [0.15, 0.2) is 0 Å². The summed E-state index contributed by atoms with van der Waals surface area (Å²) in [4.78, 5) is 2.12. The third kappa shape index (κ3) is 3.26. The molecule has 0 aliphatic carbocycles. The van der Waals surface area contributed by atoms with Gasteiger partial charge in [-0.25, -0.2) is 0 Å². The van der Waals surface area contributed by atoms with E-state index in [1.807, 2.05) is 61.6 Å². The lowest BCUT2D eigenvalue weighted by molar-refractivity contribution is 0.282. The van der Waals surface area contributed by atoms with Crippen LogP contribution in [0, 0.1) is 0 Å². The molecule has 0 aliphatic rings. The Labute approximate surface area is 142 Å². The fourth-order valence-corrected chi connectivity index (χ4v) is 2.72. The first-order valence-electron chi connectivity index (χ1n) is 7.90. The largest absolute Gasteiger partial charge is 0.496 e. The van der Waals surface area contributed by atoms with Crippen molar-refractivity contribution < 1.29 is 9.84 Å². The van der Waals surface area contributed by atoms with Gasteiger partial charge in [0.05, 0.1) is 13.7 Å². The van der Waals surface area contributed by atoms with E-state index in [1.54, 1.807) is 7.11 Å². The van der Waals surface area contributed by atoms with Crippen LogP contribution in [0.2, 0.25) is 0 Å². The van der Waals surface area contributed by atoms with Crippen LogP contribution in [0.3, 0.4) is 0 Å². The van der Waals surface area contributed by atoms with Crippen LogP contribution in [0.5, 0.6) is 5.75 Å². The average Bonchev–Trinajstić information content (AvgIpc) is 2.67. The summed E-state index contributed by atoms with van der Waals surface area (Å²) < 4.78 is 5.52. The predicted octanol–water partition coefficient (Wildman–Crippen LogP) is 4.62. The Morgan fingerprint density at radius 3 is 2.17 bits per heavy atom. The van der Waals surface area contributed by atoms with E-state index in [1.165, 1.54) is 0 Å². The number of hydrogen-bond donors (Lipinski definition) is 1. The lowest BCUT2D eigenvalue weighted by Crippen LogP contribution is -2.09. The Balaban J connectivity index is 1.98. The van der Waals surface area contributed by atoms with Crippen LogP contribution in [0.25, 0.3) is 11.1 Å². The first-order chi connectivity index (χ1) is 11.7. The van der Waals surface area contributed by atoms with Gasteiger partial charge in [0, 0.05) is 24.0 Å². The second-order valence-electron chi connectivity index (χ2n) is 5.63. The van der Waals surface area contributed by atoms with E-state index in [9.17, 15) is 5.11 Å². The van der Waals surface area contributed by atoms with Crippen LogP contribution in [0.15, 0.2) is 72.8 Å². The van der Waals surface area contributed by atoms with E-state index in [0.29, 0.717) is 0 Å². The van der Waals surface area contributed by atoms with Gasteiger partial charge < -0.3 is 14.7 Å². The molecular weight excluding hydrogens is 298 g/mol. The molecule has 3 nitrogen and oxygen atoms in total. The molecule has 3 rings (SSSR count). The van der Waals surface area contributed by atoms with Crippen molar-refractivity contribution in [1.82, 2.24) is 0 Å². The number of aliphatic hydroxyl groups is 1. The molecular formula is C21H21NO2. The lowest BCUT2D eigenvalue weighted by Gasteiger charge is -2.21. The van der Waals surface area contributed by atoms with E-state index < -0.39 is 0 Å². The minimum atomic E-state index is 0.0602. The third-order valence-corrected chi connectivity index (χ3v) is 4.16. The van der Waals surface area contributed by atoms with Crippen LogP contribution >= 0.6 is 0 Å². The van der Waals surface area contributed by atoms with Crippen molar-refractivity contribution >= 4 is 11.4 Å². The number of benzene rings is 3. The number of methoxy groups -OCH3 is 1. The molecule has 0 heterocycles. The minimum absolute atomic E-state index is 0.0602. The van der Waals surface area contributed by atoms with Crippen molar-refractivity contribution in [3.05, 3.63) is 78.4 Å². The molecule has 0 bridgehead atoms. The van der Waals surface area contributed by atoms with Gasteiger partial charge in [0.2, 0.25) is 0 Å². The van der Waals surface area contributed by atoms with E-state index in [4.69, 9.17) is 4.74 Å². The molecule has 0 spiro atoms. The quantitative estimate of drug-likeness (QED) is 0.744. The smallest absolute Gasteiger partial charge is 0.126 e. The highest BCUT2D eigenvalue weighted by Crippen LogP contribution is 2.35. The Bertz CT molecular complexity index is 798. The zero-order valence-electron chi connectivity index (χ0n) is 13.9. The normalized spacial score (nSPS) is 10.5. The second kappa shape index (κ2) is 7.20. The number of ether oxygens (including phenoxy) is 1. The SMILES string of the molecule is COc1ccc(N(C)c2ccc(CO)cc2)cc1-c1ccccc1. The molecule has 0 radical (unpaired) electrons. The van der Waals surface area contributed by atoms with Crippen molar-refractivity contribution in [2.75, 3.05) is 19.1 Å². The lowest BCUT2D eigenvalue weighted by atomic mass is 10.0. The Morgan fingerprint density at radius 2 is 1.54 bits per heavy atom. The fraction of sp³-hybridized carbons (Fsp3) is 0.143. The van der Waals surface area contributed by atoms with E-state index in [0.717, 1.165) is 33.8 Å². The molecule has 3 aromatic carbocycles. The Kier molecular flexibility index (Phi) is 4.82. The monoisotopic (exact) mass is 319 g/mol. The van der Waals surface area contributed by atoms with Crippen LogP contribution in [0.1, 0.15) is 5.56 Å². The van der Waals surface area contributed by atoms with Crippen molar-refractivity contribution in [2.45, 2.75) is 6.61 Å². The summed E-state index contributed by atoms with van der Waals surface area (Å²) in [5.41, 5.74) is 5.24. The molecule has 0 saturated heterocycles. The van der Waals surface area contributed by atoms with Gasteiger partial charge in [-0.05, 0) is 41.5 Å². The fourth-order valence-electron chi connectivity index (χ4n) is 2.72. The highest BCUT2D eigenvalue weighted by Gasteiger charge is 2.10. The molecule has 1 N–H and O–H groups in total. The van der Waals surface area contributed by atoms with Crippen molar-refractivity contribution in [2.24, 2.45) is 0 Å². The van der Waals surface area contributed by atoms with Crippen molar-refractivity contribution in [3.63, 3.8) is 0 Å². The second-order valence-corrected chi connectivity index (χ2v) is 5.63. The predicted molar refractivity (Wildman–Crippen MR) is 98.9 cm³/mol. The number of nitrogens with zero attached hydrogens (tertiary/aromatic N) is 1. The molecule has 0 aliphatic heterocycles. The molecule has 0 aromatic heterocycles. The van der Waals surface area contributed by atoms with Gasteiger partial charge in [0.1, 0.15) is 5.75 Å². The van der Waals surface area contributed by atoms with Gasteiger partial charge in [-0.2, -0.15) is 0 Å². The number of rotatable bonds is 5. The first-order valence-corrected chi connectivity index (χ1v) is 7.90. The average molecular weight is 319 g/mol. The van der Waals surface area contributed by atoms with Crippen LogP contribution < -0.4 is 9.64 Å². The van der Waals surface area contributed by atoms with E-state index in [-0.39, 0.29) is 6.61 Å². The summed E-state index contributed by atoms with van der Waals surface area (Å²) in [5, 5.41) is 9.18. The van der Waals surface area contributed by atoms with Crippen LogP contribution in [0.4, 0.5) is 11.4 Å². The highest BCUT2D eigenvalue weighted by atomic mass is 16.5. The standard InChI is InChI=1S/C21H21NO2/c1-22(18-10-8-16(15-23)9-11-18)19-12-13-21(24-2)20(14-19)17-6-4-3-5-7-17/h3-14,23H,15H2,1-2H3. The van der Waals surface area contributed by atoms with Gasteiger partial charge in [-0.3, -0.25) is 0 Å². The van der Waals surface area contributed by atoms with Crippen molar-refractivity contribution in [3.8, 4) is 16.9 Å². The summed E-state index contributed by atoms with van der Waals surface area (Å²) in [5.74, 6) is 0.856. The molecule has 0 unspecified atom stereocenters. The first kappa shape index (κ1) is 16.1. The summed E-state index contributed by atoms with van der Waals surface area (Å²) in [6.45, 7) is 0.0602. The topological polar surface area (TPSA) is 32.7 Å². The summed E-state index contributed by atoms with van der Waals surface area (Å²) in [7, 11) is 3.73. The number of hydrogen-bond acceptors (Lipinski definition) is 3. The molecule has 122 valence electrons. The summed E-state index contributed by atoms with van der Waals surface area (Å²) in [6.07, 6.45) is 0. The van der Waals surface area contributed by atoms with Gasteiger partial charge in [0.25, 0.3) is 0 Å². The maximum Gasteiger partial charge on any atom is 0.126 e. The molecule has 0 saturated carbocycles. The molecule has 0 fully saturated rings. The third-order valence-electron chi connectivity index (χ3n) is 4.16. The zero-order valence-corrected chi connectivity index (χ0v) is 13.9. The summed E-state index contributed by atoms with van der Waals surface area (Å²) in [6, 6.07) is 24.3. The zero-order chi connectivity index (χ0) is 16.9. The Morgan fingerprint density at radius 1 is 0.875 bits per heavy atom. The van der Waals surface area contributed by atoms with E-state index >= 15 is 0 Å². The molecule has 3 aromatic rings. The highest BCUT2D eigenvalue weighted by molar-refractivity contribution is 5.77. The van der Waals surface area contributed by atoms with Gasteiger partial charge in [-0.15, -0.1) is 0 Å². The minimum Gasteiger partial charge on any atom is -0.496 e. The Hall–Kier alpha value is -2.78. The number of aliphatic hydroxyl groups excluding tert-OH is 1. The molecule has 0 amide bonds. The molecule has 0 atom stereocenters. The maximum absolute atomic E-state index is 9.18. The van der Waals surface area contributed by atoms with Gasteiger partial charge in [-0.1, -0.05) is 42.5 Å².